The molecule has 0 aliphatic heterocycles. The third kappa shape index (κ3) is 4.64. The Kier molecular flexibility index (Phi) is 5.64. The van der Waals surface area contributed by atoms with Crippen molar-refractivity contribution in [3.8, 4) is 5.75 Å². The Labute approximate surface area is 165 Å². The van der Waals surface area contributed by atoms with Crippen LogP contribution in [0.1, 0.15) is 15.9 Å². The molecule has 1 aromatic heterocycles. The molecular formula is C17H13ClF3N3O3S. The number of nitrogens with one attached hydrogen (secondary N) is 2. The number of rotatable bonds is 5. The first-order valence-electron chi connectivity index (χ1n) is 7.82. The second kappa shape index (κ2) is 7.82. The van der Waals surface area contributed by atoms with Crippen LogP contribution in [0.5, 0.6) is 5.75 Å². The number of carbonyl (C=O) groups excluding carboxylic acids is 1. The predicted molar refractivity (Wildman–Crippen MR) is 99.7 cm³/mol. The summed E-state index contributed by atoms with van der Waals surface area (Å²) in [6.45, 7) is -0.154. The van der Waals surface area contributed by atoms with Crippen molar-refractivity contribution in [1.29, 1.82) is 0 Å². The molecule has 1 heterocycles. The second-order valence-electron chi connectivity index (χ2n) is 5.73. The van der Waals surface area contributed by atoms with E-state index in [9.17, 15) is 28.2 Å². The fourth-order valence-corrected chi connectivity index (χ4v) is 3.41. The molecular weight excluding hydrogens is 419 g/mol. The maximum atomic E-state index is 12.8. The number of phenols is 1. The number of nitrogens with zero attached hydrogens (tertiary/aromatic N) is 1. The summed E-state index contributed by atoms with van der Waals surface area (Å²) in [6, 6.07) is 7.11. The lowest BCUT2D eigenvalue weighted by Crippen LogP contribution is -2.39. The van der Waals surface area contributed by atoms with Gasteiger partial charge in [-0.2, -0.15) is 13.2 Å². The molecule has 1 atom stereocenters. The highest BCUT2D eigenvalue weighted by Crippen LogP contribution is 2.34. The van der Waals surface area contributed by atoms with Gasteiger partial charge in [-0.1, -0.05) is 22.9 Å². The summed E-state index contributed by atoms with van der Waals surface area (Å²) in [5.41, 5.74) is -0.502. The zero-order valence-electron chi connectivity index (χ0n) is 13.9. The van der Waals surface area contributed by atoms with Gasteiger partial charge in [0, 0.05) is 5.02 Å². The minimum Gasteiger partial charge on any atom is -0.507 e. The molecule has 11 heteroatoms. The molecule has 0 bridgehead atoms. The first kappa shape index (κ1) is 20.2. The number of amides is 1. The van der Waals surface area contributed by atoms with Crippen LogP contribution in [-0.2, 0) is 6.18 Å². The molecule has 0 saturated carbocycles. The SMILES string of the molecule is O=C(NC(O)CNc1nc2ccc(C(F)(F)F)cc2s1)c1cc(Cl)ccc1O. The van der Waals surface area contributed by atoms with Gasteiger partial charge in [0.15, 0.2) is 5.13 Å². The van der Waals surface area contributed by atoms with E-state index in [1.54, 1.807) is 0 Å². The van der Waals surface area contributed by atoms with Gasteiger partial charge in [0.05, 0.1) is 27.9 Å². The molecule has 28 heavy (non-hydrogen) atoms. The third-order valence-corrected chi connectivity index (χ3v) is 4.87. The fraction of sp³-hybridized carbons (Fsp3) is 0.176. The first-order chi connectivity index (χ1) is 13.1. The summed E-state index contributed by atoms with van der Waals surface area (Å²) in [6.07, 6.45) is -5.79. The summed E-state index contributed by atoms with van der Waals surface area (Å²) in [5.74, 6) is -1.04. The van der Waals surface area contributed by atoms with Gasteiger partial charge in [-0.05, 0) is 36.4 Å². The van der Waals surface area contributed by atoms with Crippen molar-refractivity contribution >= 4 is 44.2 Å². The summed E-state index contributed by atoms with van der Waals surface area (Å²) in [4.78, 5) is 16.2. The lowest BCUT2D eigenvalue weighted by Gasteiger charge is -2.14. The van der Waals surface area contributed by atoms with Crippen LogP contribution in [-0.4, -0.2) is 33.9 Å². The number of hydrogen-bond donors (Lipinski definition) is 4. The fourth-order valence-electron chi connectivity index (χ4n) is 2.33. The number of carbonyl (C=O) groups is 1. The predicted octanol–water partition coefficient (Wildman–Crippen LogP) is 3.83. The molecule has 2 aromatic carbocycles. The maximum absolute atomic E-state index is 12.8. The lowest BCUT2D eigenvalue weighted by molar-refractivity contribution is -0.137. The Morgan fingerprint density at radius 1 is 1.25 bits per heavy atom. The summed E-state index contributed by atoms with van der Waals surface area (Å²) in [5, 5.41) is 25.2. The van der Waals surface area contributed by atoms with Gasteiger partial charge in [-0.15, -0.1) is 0 Å². The van der Waals surface area contributed by atoms with Crippen LogP contribution < -0.4 is 10.6 Å². The van der Waals surface area contributed by atoms with Gasteiger partial charge in [0.1, 0.15) is 12.0 Å². The van der Waals surface area contributed by atoms with E-state index in [0.29, 0.717) is 10.2 Å². The van der Waals surface area contributed by atoms with E-state index in [4.69, 9.17) is 11.6 Å². The Morgan fingerprint density at radius 2 is 2.00 bits per heavy atom. The smallest absolute Gasteiger partial charge is 0.416 e. The normalized spacial score (nSPS) is 12.8. The van der Waals surface area contributed by atoms with Crippen LogP contribution in [0, 0.1) is 0 Å². The number of phenolic OH excluding ortho intramolecular Hbond substituents is 1. The number of halogens is 4. The Bertz CT molecular complexity index is 1030. The number of aliphatic hydroxyl groups is 1. The lowest BCUT2D eigenvalue weighted by atomic mass is 10.2. The van der Waals surface area contributed by atoms with Crippen molar-refractivity contribution in [2.45, 2.75) is 12.4 Å². The number of anilines is 1. The van der Waals surface area contributed by atoms with Crippen molar-refractivity contribution in [3.05, 3.63) is 52.5 Å². The molecule has 4 N–H and O–H groups in total. The average molecular weight is 432 g/mol. The van der Waals surface area contributed by atoms with Gasteiger partial charge in [0.25, 0.3) is 5.91 Å². The van der Waals surface area contributed by atoms with E-state index in [2.05, 4.69) is 15.6 Å². The van der Waals surface area contributed by atoms with Crippen molar-refractivity contribution in [2.24, 2.45) is 0 Å². The number of aliphatic hydroxyl groups excluding tert-OH is 1. The Morgan fingerprint density at radius 3 is 2.71 bits per heavy atom. The highest BCUT2D eigenvalue weighted by molar-refractivity contribution is 7.22. The van der Waals surface area contributed by atoms with Gasteiger partial charge in [-0.25, -0.2) is 4.98 Å². The van der Waals surface area contributed by atoms with E-state index in [-0.39, 0.29) is 28.0 Å². The van der Waals surface area contributed by atoms with Crippen LogP contribution in [0.4, 0.5) is 18.3 Å². The number of aromatic hydroxyl groups is 1. The van der Waals surface area contributed by atoms with Crippen LogP contribution in [0.15, 0.2) is 36.4 Å². The van der Waals surface area contributed by atoms with E-state index < -0.39 is 23.9 Å². The van der Waals surface area contributed by atoms with Crippen LogP contribution in [0.2, 0.25) is 5.02 Å². The average Bonchev–Trinajstić information content (AvgIpc) is 3.03. The molecule has 0 spiro atoms. The highest BCUT2D eigenvalue weighted by atomic mass is 35.5. The molecule has 148 valence electrons. The van der Waals surface area contributed by atoms with E-state index in [1.807, 2.05) is 0 Å². The summed E-state index contributed by atoms with van der Waals surface area (Å²) >= 11 is 6.76. The number of thiazole rings is 1. The van der Waals surface area contributed by atoms with Crippen molar-refractivity contribution < 1.29 is 28.2 Å². The van der Waals surface area contributed by atoms with Gasteiger partial charge in [0.2, 0.25) is 0 Å². The maximum Gasteiger partial charge on any atom is 0.416 e. The number of hydrogen-bond acceptors (Lipinski definition) is 6. The van der Waals surface area contributed by atoms with Gasteiger partial charge in [-0.3, -0.25) is 4.79 Å². The monoisotopic (exact) mass is 431 g/mol. The zero-order valence-corrected chi connectivity index (χ0v) is 15.5. The van der Waals surface area contributed by atoms with Crippen LogP contribution >= 0.6 is 22.9 Å². The van der Waals surface area contributed by atoms with E-state index in [1.165, 1.54) is 24.3 Å². The number of benzene rings is 2. The molecule has 3 aromatic rings. The Hall–Kier alpha value is -2.56. The first-order valence-corrected chi connectivity index (χ1v) is 9.02. The standard InChI is InChI=1S/C17H13ClF3N3O3S/c18-9-2-4-12(25)10(6-9)15(27)24-14(26)7-22-16-23-11-3-1-8(17(19,20)21)5-13(11)28-16/h1-6,14,25-26H,7H2,(H,22,23)(H,24,27). The quantitative estimate of drug-likeness (QED) is 0.460. The van der Waals surface area contributed by atoms with Crippen molar-refractivity contribution in [2.75, 3.05) is 11.9 Å². The number of fused-ring (bicyclic) bond motifs is 1. The van der Waals surface area contributed by atoms with Gasteiger partial charge < -0.3 is 20.8 Å². The Balaban J connectivity index is 1.63. The van der Waals surface area contributed by atoms with E-state index in [0.717, 1.165) is 23.5 Å². The molecule has 1 amide bonds. The van der Waals surface area contributed by atoms with Gasteiger partial charge >= 0.3 is 6.18 Å². The highest BCUT2D eigenvalue weighted by Gasteiger charge is 2.30. The summed E-state index contributed by atoms with van der Waals surface area (Å²) in [7, 11) is 0. The largest absolute Gasteiger partial charge is 0.507 e. The summed E-state index contributed by atoms with van der Waals surface area (Å²) < 4.78 is 38.6. The molecule has 0 fully saturated rings. The minimum atomic E-state index is -4.45. The molecule has 0 aliphatic carbocycles. The molecule has 1 unspecified atom stereocenters. The molecule has 6 nitrogen and oxygen atoms in total. The molecule has 0 aliphatic rings. The topological polar surface area (TPSA) is 94.5 Å². The number of aromatic nitrogens is 1. The zero-order chi connectivity index (χ0) is 20.5. The third-order valence-electron chi connectivity index (χ3n) is 3.66. The van der Waals surface area contributed by atoms with Crippen molar-refractivity contribution in [1.82, 2.24) is 10.3 Å². The minimum absolute atomic E-state index is 0.105. The van der Waals surface area contributed by atoms with E-state index >= 15 is 0 Å². The number of alkyl halides is 3. The molecule has 0 saturated heterocycles. The van der Waals surface area contributed by atoms with Crippen LogP contribution in [0.3, 0.4) is 0 Å². The molecule has 3 rings (SSSR count). The van der Waals surface area contributed by atoms with Crippen LogP contribution in [0.25, 0.3) is 10.2 Å². The van der Waals surface area contributed by atoms with Crippen molar-refractivity contribution in [3.63, 3.8) is 0 Å². The molecule has 0 radical (unpaired) electrons. The second-order valence-corrected chi connectivity index (χ2v) is 7.20.